The molecule has 2 aromatic rings. The number of aliphatic hydroxyl groups excluding tert-OH is 1. The molecule has 2 aliphatic heterocycles. The molecule has 7 heteroatoms. The summed E-state index contributed by atoms with van der Waals surface area (Å²) in [5.74, 6) is -0.619. The van der Waals surface area contributed by atoms with Gasteiger partial charge in [0, 0.05) is 11.1 Å². The number of hydrogen-bond acceptors (Lipinski definition) is 3. The summed E-state index contributed by atoms with van der Waals surface area (Å²) >= 11 is 0. The van der Waals surface area contributed by atoms with Crippen LogP contribution in [0.2, 0.25) is 0 Å². The summed E-state index contributed by atoms with van der Waals surface area (Å²) in [4.78, 5) is 0. The second kappa shape index (κ2) is 6.74. The first-order valence-electron chi connectivity index (χ1n) is 9.26. The lowest BCUT2D eigenvalue weighted by Crippen LogP contribution is -2.47. The number of hydrogen-bond donors (Lipinski definition) is 2. The lowest BCUT2D eigenvalue weighted by Gasteiger charge is -2.32. The predicted octanol–water partition coefficient (Wildman–Crippen LogP) is 4.66. The summed E-state index contributed by atoms with van der Waals surface area (Å²) in [5.41, 5.74) is 0.757. The van der Waals surface area contributed by atoms with Crippen molar-refractivity contribution in [2.45, 2.75) is 55.6 Å². The Morgan fingerprint density at radius 1 is 1.04 bits per heavy atom. The molecule has 1 unspecified atom stereocenters. The van der Waals surface area contributed by atoms with E-state index in [9.17, 15) is 22.7 Å². The molecule has 150 valence electrons. The van der Waals surface area contributed by atoms with E-state index in [4.69, 9.17) is 0 Å². The van der Waals surface area contributed by atoms with Crippen LogP contribution in [-0.2, 0) is 6.42 Å². The maximum Gasteiger partial charge on any atom is 0.573 e. The molecule has 2 saturated heterocycles. The van der Waals surface area contributed by atoms with Crippen molar-refractivity contribution in [3.05, 3.63) is 65.5 Å². The van der Waals surface area contributed by atoms with Gasteiger partial charge in [-0.1, -0.05) is 24.3 Å². The summed E-state index contributed by atoms with van der Waals surface area (Å²) in [7, 11) is 0. The van der Waals surface area contributed by atoms with E-state index in [1.54, 1.807) is 24.3 Å². The second-order valence-electron chi connectivity index (χ2n) is 7.89. The van der Waals surface area contributed by atoms with Gasteiger partial charge in [-0.25, -0.2) is 4.39 Å². The van der Waals surface area contributed by atoms with Crippen molar-refractivity contribution in [1.82, 2.24) is 5.32 Å². The number of benzene rings is 2. The molecular formula is C21H21F4NO2. The first-order valence-corrected chi connectivity index (χ1v) is 9.26. The normalized spacial score (nSPS) is 27.8. The smallest absolute Gasteiger partial charge is 0.406 e. The fourth-order valence-corrected chi connectivity index (χ4v) is 4.71. The zero-order chi connectivity index (χ0) is 20.0. The summed E-state index contributed by atoms with van der Waals surface area (Å²) in [6, 6.07) is 11.9. The molecule has 0 spiro atoms. The molecule has 1 atom stereocenters. The van der Waals surface area contributed by atoms with Gasteiger partial charge in [-0.3, -0.25) is 0 Å². The van der Waals surface area contributed by atoms with Gasteiger partial charge in [0.05, 0.1) is 6.10 Å². The van der Waals surface area contributed by atoms with E-state index in [2.05, 4.69) is 10.1 Å². The number of fused-ring (bicyclic) bond motifs is 2. The van der Waals surface area contributed by atoms with Crippen LogP contribution in [-0.4, -0.2) is 22.5 Å². The van der Waals surface area contributed by atoms with Crippen LogP contribution < -0.4 is 10.1 Å². The van der Waals surface area contributed by atoms with Crippen molar-refractivity contribution >= 4 is 0 Å². The Labute approximate surface area is 160 Å². The topological polar surface area (TPSA) is 41.5 Å². The minimum atomic E-state index is -4.70. The highest BCUT2D eigenvalue weighted by molar-refractivity contribution is 5.32. The van der Waals surface area contributed by atoms with E-state index in [0.717, 1.165) is 31.2 Å². The molecule has 4 rings (SSSR count). The van der Waals surface area contributed by atoms with Crippen LogP contribution in [0.4, 0.5) is 17.6 Å². The lowest BCUT2D eigenvalue weighted by atomic mass is 9.76. The molecule has 2 heterocycles. The molecule has 28 heavy (non-hydrogen) atoms. The average Bonchev–Trinajstić information content (AvgIpc) is 3.19. The molecule has 3 nitrogen and oxygen atoms in total. The molecule has 2 N–H and O–H groups in total. The van der Waals surface area contributed by atoms with Crippen molar-refractivity contribution in [1.29, 1.82) is 0 Å². The Bertz CT molecular complexity index is 842. The summed E-state index contributed by atoms with van der Waals surface area (Å²) < 4.78 is 54.3. The van der Waals surface area contributed by atoms with Crippen LogP contribution in [0.1, 0.15) is 42.9 Å². The Kier molecular flexibility index (Phi) is 4.62. The first kappa shape index (κ1) is 19.2. The highest BCUT2D eigenvalue weighted by atomic mass is 19.4. The van der Waals surface area contributed by atoms with Crippen molar-refractivity contribution in [3.63, 3.8) is 0 Å². The molecule has 0 saturated carbocycles. The molecule has 0 radical (unpaired) electrons. The minimum Gasteiger partial charge on any atom is -0.406 e. The minimum absolute atomic E-state index is 0.208. The van der Waals surface area contributed by atoms with E-state index < -0.39 is 18.0 Å². The molecule has 2 fully saturated rings. The number of halogens is 4. The fourth-order valence-electron chi connectivity index (χ4n) is 4.71. The highest BCUT2D eigenvalue weighted by Crippen LogP contribution is 2.51. The molecule has 2 aromatic carbocycles. The van der Waals surface area contributed by atoms with Crippen LogP contribution in [0.3, 0.4) is 0 Å². The highest BCUT2D eigenvalue weighted by Gasteiger charge is 2.56. The van der Waals surface area contributed by atoms with Gasteiger partial charge < -0.3 is 15.2 Å². The SMILES string of the molecule is OC(c1cccc(F)c1)C12CCC(Cc3ccc(OC(F)(F)F)cc3)(CC1)N2. The largest absolute Gasteiger partial charge is 0.573 e. The monoisotopic (exact) mass is 395 g/mol. The summed E-state index contributed by atoms with van der Waals surface area (Å²) in [6.45, 7) is 0. The maximum atomic E-state index is 13.5. The number of rotatable bonds is 5. The van der Waals surface area contributed by atoms with Crippen molar-refractivity contribution in [3.8, 4) is 5.75 Å². The third kappa shape index (κ3) is 3.73. The zero-order valence-corrected chi connectivity index (χ0v) is 15.1. The summed E-state index contributed by atoms with van der Waals surface area (Å²) in [5, 5.41) is 14.5. The number of alkyl halides is 3. The number of nitrogens with one attached hydrogen (secondary N) is 1. The van der Waals surface area contributed by atoms with Crippen LogP contribution >= 0.6 is 0 Å². The van der Waals surface area contributed by atoms with Gasteiger partial charge in [-0.2, -0.15) is 0 Å². The Hall–Kier alpha value is -2.12. The van der Waals surface area contributed by atoms with Crippen LogP contribution in [0.5, 0.6) is 5.75 Å². The molecule has 2 bridgehead atoms. The maximum absolute atomic E-state index is 13.5. The van der Waals surface area contributed by atoms with Gasteiger partial charge in [-0.15, -0.1) is 13.2 Å². The van der Waals surface area contributed by atoms with E-state index in [1.807, 2.05) is 0 Å². The van der Waals surface area contributed by atoms with Gasteiger partial charge in [0.1, 0.15) is 11.6 Å². The molecule has 2 aliphatic rings. The van der Waals surface area contributed by atoms with E-state index in [-0.39, 0.29) is 17.1 Å². The van der Waals surface area contributed by atoms with Crippen molar-refractivity contribution in [2.75, 3.05) is 0 Å². The predicted molar refractivity (Wildman–Crippen MR) is 95.3 cm³/mol. The Balaban J connectivity index is 1.46. The lowest BCUT2D eigenvalue weighted by molar-refractivity contribution is -0.274. The van der Waals surface area contributed by atoms with Crippen molar-refractivity contribution < 1.29 is 27.4 Å². The van der Waals surface area contributed by atoms with Gasteiger partial charge in [0.15, 0.2) is 0 Å². The van der Waals surface area contributed by atoms with E-state index in [0.29, 0.717) is 12.0 Å². The molecular weight excluding hydrogens is 374 g/mol. The fraction of sp³-hybridized carbons (Fsp3) is 0.429. The number of ether oxygens (including phenoxy) is 1. The van der Waals surface area contributed by atoms with Gasteiger partial charge >= 0.3 is 6.36 Å². The second-order valence-corrected chi connectivity index (χ2v) is 7.89. The molecule has 0 amide bonds. The van der Waals surface area contributed by atoms with Gasteiger partial charge in [0.25, 0.3) is 0 Å². The van der Waals surface area contributed by atoms with E-state index in [1.165, 1.54) is 24.3 Å². The average molecular weight is 395 g/mol. The van der Waals surface area contributed by atoms with E-state index >= 15 is 0 Å². The standard InChI is InChI=1S/C21H21F4NO2/c22-16-3-1-2-15(12-16)18(27)20-10-8-19(26-20,9-11-20)13-14-4-6-17(7-5-14)28-21(23,24)25/h1-7,12,18,26-27H,8-11,13H2. The summed E-state index contributed by atoms with van der Waals surface area (Å²) in [6.07, 6.45) is -1.64. The van der Waals surface area contributed by atoms with Gasteiger partial charge in [-0.05, 0) is 67.5 Å². The van der Waals surface area contributed by atoms with Crippen LogP contribution in [0, 0.1) is 5.82 Å². The Morgan fingerprint density at radius 3 is 2.32 bits per heavy atom. The zero-order valence-electron chi connectivity index (χ0n) is 15.1. The van der Waals surface area contributed by atoms with Crippen LogP contribution in [0.25, 0.3) is 0 Å². The van der Waals surface area contributed by atoms with Gasteiger partial charge in [0.2, 0.25) is 0 Å². The molecule has 0 aliphatic carbocycles. The quantitative estimate of drug-likeness (QED) is 0.724. The number of aliphatic hydroxyl groups is 1. The molecule has 0 aromatic heterocycles. The first-order chi connectivity index (χ1) is 13.2. The Morgan fingerprint density at radius 2 is 1.71 bits per heavy atom. The third-order valence-corrected chi connectivity index (χ3v) is 6.00. The van der Waals surface area contributed by atoms with Crippen LogP contribution in [0.15, 0.2) is 48.5 Å². The third-order valence-electron chi connectivity index (χ3n) is 6.00. The van der Waals surface area contributed by atoms with Crippen molar-refractivity contribution in [2.24, 2.45) is 0 Å².